The van der Waals surface area contributed by atoms with Crippen LogP contribution in [0.3, 0.4) is 0 Å². The van der Waals surface area contributed by atoms with E-state index in [4.69, 9.17) is 11.6 Å². The van der Waals surface area contributed by atoms with Gasteiger partial charge in [-0.1, -0.05) is 85.6 Å². The van der Waals surface area contributed by atoms with Crippen molar-refractivity contribution >= 4 is 35.2 Å². The predicted octanol–water partition coefficient (Wildman–Crippen LogP) is 6.15. The van der Waals surface area contributed by atoms with Crippen molar-refractivity contribution in [3.8, 4) is 0 Å². The molecule has 0 aliphatic rings. The van der Waals surface area contributed by atoms with Crippen molar-refractivity contribution < 1.29 is 9.59 Å². The van der Waals surface area contributed by atoms with Crippen LogP contribution in [0.5, 0.6) is 0 Å². The standard InChI is InChI=1S/C29H33ClN2O2S/c1-21(2)18-31-29(34)27(17-23-9-5-4-6-10-23)32(19-24-11-7-8-22(3)16-24)28(33)20-35-26-14-12-25(30)13-15-26/h4-16,21,27H,17-20H2,1-3H3,(H,31,34)/t27-/m0/s1. The Hall–Kier alpha value is -2.76. The molecule has 0 aliphatic heterocycles. The third-order valence-corrected chi connectivity index (χ3v) is 6.82. The number of thioether (sulfide) groups is 1. The smallest absolute Gasteiger partial charge is 0.243 e. The average Bonchev–Trinajstić information content (AvgIpc) is 2.85. The monoisotopic (exact) mass is 508 g/mol. The molecule has 0 aromatic heterocycles. The van der Waals surface area contributed by atoms with Gasteiger partial charge in [0.2, 0.25) is 11.8 Å². The Bertz CT molecular complexity index is 1100. The molecule has 3 aromatic rings. The molecular formula is C29H33ClN2O2S. The lowest BCUT2D eigenvalue weighted by Gasteiger charge is -2.32. The van der Waals surface area contributed by atoms with Crippen LogP contribution in [-0.2, 0) is 22.6 Å². The van der Waals surface area contributed by atoms with Crippen LogP contribution in [0, 0.1) is 12.8 Å². The summed E-state index contributed by atoms with van der Waals surface area (Å²) in [6.07, 6.45) is 0.452. The van der Waals surface area contributed by atoms with Crippen LogP contribution >= 0.6 is 23.4 Å². The van der Waals surface area contributed by atoms with Crippen molar-refractivity contribution in [2.24, 2.45) is 5.92 Å². The van der Waals surface area contributed by atoms with E-state index in [-0.39, 0.29) is 17.6 Å². The van der Waals surface area contributed by atoms with Gasteiger partial charge in [0.25, 0.3) is 0 Å². The minimum absolute atomic E-state index is 0.0768. The van der Waals surface area contributed by atoms with Crippen LogP contribution in [0.1, 0.15) is 30.5 Å². The molecule has 0 radical (unpaired) electrons. The van der Waals surface area contributed by atoms with E-state index < -0.39 is 6.04 Å². The van der Waals surface area contributed by atoms with Crippen molar-refractivity contribution in [3.63, 3.8) is 0 Å². The Labute approximate surface area is 218 Å². The Morgan fingerprint density at radius 1 is 0.943 bits per heavy atom. The molecule has 35 heavy (non-hydrogen) atoms. The molecule has 4 nitrogen and oxygen atoms in total. The molecule has 184 valence electrons. The maximum Gasteiger partial charge on any atom is 0.243 e. The number of nitrogens with zero attached hydrogens (tertiary/aromatic N) is 1. The summed E-state index contributed by atoms with van der Waals surface area (Å²) in [5, 5.41) is 3.72. The molecule has 0 fully saturated rings. The van der Waals surface area contributed by atoms with Gasteiger partial charge in [-0.2, -0.15) is 0 Å². The molecule has 0 saturated carbocycles. The molecule has 0 saturated heterocycles. The highest BCUT2D eigenvalue weighted by molar-refractivity contribution is 8.00. The van der Waals surface area contributed by atoms with Crippen molar-refractivity contribution in [2.45, 2.75) is 44.7 Å². The number of benzene rings is 3. The lowest BCUT2D eigenvalue weighted by atomic mass is 10.0. The van der Waals surface area contributed by atoms with Gasteiger partial charge in [0.05, 0.1) is 5.75 Å². The first kappa shape index (κ1) is 26.8. The van der Waals surface area contributed by atoms with Crippen LogP contribution < -0.4 is 5.32 Å². The number of hydrogen-bond donors (Lipinski definition) is 1. The maximum atomic E-state index is 13.6. The van der Waals surface area contributed by atoms with Crippen molar-refractivity contribution in [1.29, 1.82) is 0 Å². The molecule has 3 rings (SSSR count). The first-order chi connectivity index (χ1) is 16.8. The zero-order chi connectivity index (χ0) is 25.2. The van der Waals surface area contributed by atoms with Crippen molar-refractivity contribution in [1.82, 2.24) is 10.2 Å². The van der Waals surface area contributed by atoms with E-state index in [2.05, 4.69) is 25.2 Å². The molecule has 1 N–H and O–H groups in total. The van der Waals surface area contributed by atoms with Crippen LogP contribution in [0.15, 0.2) is 83.8 Å². The van der Waals surface area contributed by atoms with E-state index in [9.17, 15) is 9.59 Å². The van der Waals surface area contributed by atoms with Gasteiger partial charge in [-0.05, 0) is 48.2 Å². The Morgan fingerprint density at radius 2 is 1.63 bits per heavy atom. The molecule has 0 heterocycles. The SMILES string of the molecule is Cc1cccc(CN(C(=O)CSc2ccc(Cl)cc2)[C@@H](Cc2ccccc2)C(=O)NCC(C)C)c1. The quantitative estimate of drug-likeness (QED) is 0.316. The number of carbonyl (C=O) groups is 2. The lowest BCUT2D eigenvalue weighted by Crippen LogP contribution is -2.51. The van der Waals surface area contributed by atoms with E-state index in [0.717, 1.165) is 21.6 Å². The van der Waals surface area contributed by atoms with Crippen LogP contribution in [0.25, 0.3) is 0 Å². The van der Waals surface area contributed by atoms with E-state index in [1.807, 2.05) is 79.7 Å². The van der Waals surface area contributed by atoms with Gasteiger partial charge in [-0.15, -0.1) is 11.8 Å². The summed E-state index contributed by atoms with van der Waals surface area (Å²) in [6.45, 7) is 7.09. The summed E-state index contributed by atoms with van der Waals surface area (Å²) in [6, 6.07) is 24.8. The second-order valence-corrected chi connectivity index (χ2v) is 10.6. The summed E-state index contributed by atoms with van der Waals surface area (Å²) < 4.78 is 0. The second-order valence-electron chi connectivity index (χ2n) is 9.10. The van der Waals surface area contributed by atoms with Gasteiger partial charge >= 0.3 is 0 Å². The first-order valence-corrected chi connectivity index (χ1v) is 13.2. The summed E-state index contributed by atoms with van der Waals surface area (Å²) >= 11 is 7.46. The molecule has 6 heteroatoms. The fraction of sp³-hybridized carbons (Fsp3) is 0.310. The van der Waals surface area contributed by atoms with Crippen LogP contribution in [0.2, 0.25) is 5.02 Å². The Kier molecular flexibility index (Phi) is 10.2. The minimum atomic E-state index is -0.616. The fourth-order valence-corrected chi connectivity index (χ4v) is 4.65. The second kappa shape index (κ2) is 13.4. The van der Waals surface area contributed by atoms with E-state index in [1.165, 1.54) is 11.8 Å². The predicted molar refractivity (Wildman–Crippen MR) is 146 cm³/mol. The van der Waals surface area contributed by atoms with Crippen molar-refractivity contribution in [3.05, 3.63) is 101 Å². The number of carbonyl (C=O) groups excluding carboxylic acids is 2. The number of aryl methyl sites for hydroxylation is 1. The highest BCUT2D eigenvalue weighted by atomic mass is 35.5. The largest absolute Gasteiger partial charge is 0.354 e. The van der Waals surface area contributed by atoms with Gasteiger partial charge < -0.3 is 10.2 Å². The molecule has 1 atom stereocenters. The Balaban J connectivity index is 1.89. The highest BCUT2D eigenvalue weighted by Crippen LogP contribution is 2.23. The molecule has 0 aliphatic carbocycles. The number of amides is 2. The zero-order valence-electron chi connectivity index (χ0n) is 20.5. The molecular weight excluding hydrogens is 476 g/mol. The molecule has 3 aromatic carbocycles. The Morgan fingerprint density at radius 3 is 2.29 bits per heavy atom. The zero-order valence-corrected chi connectivity index (χ0v) is 22.1. The summed E-state index contributed by atoms with van der Waals surface area (Å²) in [5.41, 5.74) is 3.14. The summed E-state index contributed by atoms with van der Waals surface area (Å²) in [4.78, 5) is 29.8. The fourth-order valence-electron chi connectivity index (χ4n) is 3.74. The highest BCUT2D eigenvalue weighted by Gasteiger charge is 2.30. The summed E-state index contributed by atoms with van der Waals surface area (Å²) in [5.74, 6) is 0.348. The van der Waals surface area contributed by atoms with Gasteiger partial charge in [0.1, 0.15) is 6.04 Å². The third kappa shape index (κ3) is 8.75. The van der Waals surface area contributed by atoms with Crippen LogP contribution in [-0.4, -0.2) is 35.1 Å². The number of nitrogens with one attached hydrogen (secondary N) is 1. The van der Waals surface area contributed by atoms with Gasteiger partial charge in [0.15, 0.2) is 0 Å². The molecule has 0 spiro atoms. The van der Waals surface area contributed by atoms with Crippen LogP contribution in [0.4, 0.5) is 0 Å². The number of hydrogen-bond acceptors (Lipinski definition) is 3. The van der Waals surface area contributed by atoms with E-state index in [1.54, 1.807) is 4.90 Å². The van der Waals surface area contributed by atoms with Gasteiger partial charge in [-0.25, -0.2) is 0 Å². The topological polar surface area (TPSA) is 49.4 Å². The molecule has 0 unspecified atom stereocenters. The lowest BCUT2D eigenvalue weighted by molar-refractivity contribution is -0.139. The van der Waals surface area contributed by atoms with E-state index >= 15 is 0 Å². The molecule has 0 bridgehead atoms. The number of halogens is 1. The first-order valence-electron chi connectivity index (χ1n) is 11.9. The third-order valence-electron chi connectivity index (χ3n) is 5.57. The average molecular weight is 509 g/mol. The maximum absolute atomic E-state index is 13.6. The minimum Gasteiger partial charge on any atom is -0.354 e. The normalized spacial score (nSPS) is 11.8. The molecule has 2 amide bonds. The van der Waals surface area contributed by atoms with Gasteiger partial charge in [-0.3, -0.25) is 9.59 Å². The number of rotatable bonds is 11. The van der Waals surface area contributed by atoms with E-state index in [0.29, 0.717) is 30.5 Å². The summed E-state index contributed by atoms with van der Waals surface area (Å²) in [7, 11) is 0. The van der Waals surface area contributed by atoms with Gasteiger partial charge in [0, 0.05) is 29.4 Å². The van der Waals surface area contributed by atoms with Crippen molar-refractivity contribution in [2.75, 3.05) is 12.3 Å².